The van der Waals surface area contributed by atoms with Crippen LogP contribution >= 0.6 is 11.8 Å². The van der Waals surface area contributed by atoms with Crippen molar-refractivity contribution in [1.29, 1.82) is 0 Å². The van der Waals surface area contributed by atoms with Crippen molar-refractivity contribution in [3.8, 4) is 0 Å². The number of aliphatic hydroxyl groups is 1. The first-order chi connectivity index (χ1) is 18.2. The van der Waals surface area contributed by atoms with Gasteiger partial charge in [0.1, 0.15) is 6.04 Å². The molecule has 38 heavy (non-hydrogen) atoms. The molecule has 4 fully saturated rings. The molecule has 2 unspecified atom stereocenters. The molecule has 4 rings (SSSR count). The molecule has 8 heteroatoms. The maximum absolute atomic E-state index is 14.7. The molecular formula is C30H46N2O5S. The number of likely N-dealkylation sites (tertiary alicyclic amines) is 1. The van der Waals surface area contributed by atoms with Crippen LogP contribution in [0.5, 0.6) is 0 Å². The number of hydrogen-bond donors (Lipinski definition) is 1. The first-order valence-corrected chi connectivity index (χ1v) is 15.3. The van der Waals surface area contributed by atoms with Gasteiger partial charge in [0.25, 0.3) is 0 Å². The molecule has 3 aliphatic heterocycles. The maximum atomic E-state index is 14.7. The monoisotopic (exact) mass is 546 g/mol. The van der Waals surface area contributed by atoms with E-state index in [4.69, 9.17) is 4.74 Å². The molecule has 2 bridgehead atoms. The molecule has 3 saturated heterocycles. The van der Waals surface area contributed by atoms with Crippen LogP contribution in [0.25, 0.3) is 0 Å². The molecule has 2 amide bonds. The third kappa shape index (κ3) is 4.74. The van der Waals surface area contributed by atoms with Crippen molar-refractivity contribution >= 4 is 29.5 Å². The molecule has 0 aromatic rings. The van der Waals surface area contributed by atoms with Gasteiger partial charge in [-0.15, -0.1) is 24.9 Å². The van der Waals surface area contributed by atoms with Gasteiger partial charge in [-0.05, 0) is 44.9 Å². The Bertz CT molecular complexity index is 936. The summed E-state index contributed by atoms with van der Waals surface area (Å²) in [5.41, 5.74) is 0. The number of carbonyl (C=O) groups excluding carboxylic acids is 3. The highest BCUT2D eigenvalue weighted by Crippen LogP contribution is 2.72. The van der Waals surface area contributed by atoms with Gasteiger partial charge in [0.2, 0.25) is 11.8 Å². The minimum atomic E-state index is -0.717. The number of carbonyl (C=O) groups is 3. The first kappa shape index (κ1) is 29.2. The molecule has 1 spiro atoms. The van der Waals surface area contributed by atoms with Crippen molar-refractivity contribution in [3.63, 3.8) is 0 Å². The average molecular weight is 547 g/mol. The molecule has 0 aromatic heterocycles. The molecule has 212 valence electrons. The number of aliphatic hydroxyl groups excluding tert-OH is 1. The smallest absolute Gasteiger partial charge is 0.311 e. The lowest BCUT2D eigenvalue weighted by Crippen LogP contribution is -2.60. The molecule has 1 aliphatic carbocycles. The summed E-state index contributed by atoms with van der Waals surface area (Å²) in [6.45, 7) is 14.2. The van der Waals surface area contributed by atoms with Crippen LogP contribution in [0.1, 0.15) is 78.6 Å². The number of hydrogen-bond acceptors (Lipinski definition) is 6. The predicted molar refractivity (Wildman–Crippen MR) is 150 cm³/mol. The summed E-state index contributed by atoms with van der Waals surface area (Å²) in [7, 11) is 0. The zero-order valence-electron chi connectivity index (χ0n) is 23.4. The van der Waals surface area contributed by atoms with Crippen molar-refractivity contribution in [2.75, 3.05) is 19.8 Å². The Kier molecular flexibility index (Phi) is 9.02. The van der Waals surface area contributed by atoms with Crippen molar-refractivity contribution < 1.29 is 24.2 Å². The first-order valence-electron chi connectivity index (χ1n) is 14.5. The third-order valence-corrected chi connectivity index (χ3v) is 11.7. The highest BCUT2D eigenvalue weighted by molar-refractivity contribution is 8.02. The van der Waals surface area contributed by atoms with Crippen LogP contribution in [0.4, 0.5) is 0 Å². The Morgan fingerprint density at radius 1 is 1.24 bits per heavy atom. The largest absolute Gasteiger partial charge is 0.465 e. The Morgan fingerprint density at radius 2 is 1.95 bits per heavy atom. The number of amides is 2. The second kappa shape index (κ2) is 11.7. The zero-order valence-corrected chi connectivity index (χ0v) is 24.2. The van der Waals surface area contributed by atoms with Crippen LogP contribution in [0.15, 0.2) is 25.3 Å². The quantitative estimate of drug-likeness (QED) is 0.223. The van der Waals surface area contributed by atoms with E-state index in [0.29, 0.717) is 19.4 Å². The highest BCUT2D eigenvalue weighted by atomic mass is 32.2. The van der Waals surface area contributed by atoms with Crippen LogP contribution in [0, 0.1) is 17.8 Å². The number of esters is 1. The summed E-state index contributed by atoms with van der Waals surface area (Å²) >= 11 is 1.66. The number of thioether (sulfide) groups is 1. The summed E-state index contributed by atoms with van der Waals surface area (Å²) in [5.74, 6) is -1.82. The predicted octanol–water partition coefficient (Wildman–Crippen LogP) is 4.34. The fourth-order valence-electron chi connectivity index (χ4n) is 7.61. The van der Waals surface area contributed by atoms with Crippen molar-refractivity contribution in [2.24, 2.45) is 17.8 Å². The Labute approximate surface area is 232 Å². The van der Waals surface area contributed by atoms with Gasteiger partial charge in [-0.1, -0.05) is 51.7 Å². The van der Waals surface area contributed by atoms with E-state index in [0.717, 1.165) is 38.5 Å². The van der Waals surface area contributed by atoms with Crippen LogP contribution in [0.2, 0.25) is 0 Å². The zero-order chi connectivity index (χ0) is 27.7. The summed E-state index contributed by atoms with van der Waals surface area (Å²) < 4.78 is 4.48. The standard InChI is InChI=1S/C30H46N2O5S/c1-6-9-18-37-28(36)24-23-26(34)32(22(19-33)20(4)8-3)25(30(23)16-15-29(24,5)38-30)27(35)31(17-7-2)21-13-11-10-12-14-21/h6-7,20-25,33H,1-2,8-19H2,3-5H3/t20-,22-,23-,24-,25?,29+,30?/m0/s1. The molecule has 7 nitrogen and oxygen atoms in total. The van der Waals surface area contributed by atoms with E-state index in [1.165, 1.54) is 6.42 Å². The molecule has 0 aromatic carbocycles. The summed E-state index contributed by atoms with van der Waals surface area (Å²) in [6.07, 6.45) is 11.5. The lowest BCUT2D eigenvalue weighted by Gasteiger charge is -2.43. The lowest BCUT2D eigenvalue weighted by atomic mass is 9.66. The van der Waals surface area contributed by atoms with Gasteiger partial charge in [0.15, 0.2) is 0 Å². The molecule has 4 aliphatic rings. The highest BCUT2D eigenvalue weighted by Gasteiger charge is 2.78. The van der Waals surface area contributed by atoms with Crippen molar-refractivity contribution in [2.45, 2.75) is 106 Å². The number of nitrogens with zero attached hydrogens (tertiary/aromatic N) is 2. The second-order valence-corrected chi connectivity index (χ2v) is 13.8. The Hall–Kier alpha value is -1.80. The number of fused-ring (bicyclic) bond motifs is 1. The van der Waals surface area contributed by atoms with E-state index < -0.39 is 33.4 Å². The van der Waals surface area contributed by atoms with Crippen LogP contribution in [0.3, 0.4) is 0 Å². The van der Waals surface area contributed by atoms with Crippen LogP contribution < -0.4 is 0 Å². The van der Waals surface area contributed by atoms with E-state index in [1.54, 1.807) is 28.8 Å². The summed E-state index contributed by atoms with van der Waals surface area (Å²) in [4.78, 5) is 46.3. The molecule has 1 N–H and O–H groups in total. The fraction of sp³-hybridized carbons (Fsp3) is 0.767. The van der Waals surface area contributed by atoms with E-state index in [-0.39, 0.29) is 43.0 Å². The van der Waals surface area contributed by atoms with Gasteiger partial charge in [0, 0.05) is 17.3 Å². The number of rotatable bonds is 12. The Morgan fingerprint density at radius 3 is 2.55 bits per heavy atom. The molecule has 7 atom stereocenters. The SMILES string of the molecule is C=CCCOC(=O)[C@@H]1[C@H]2C(=O)N([C@@H](CO)[C@@H](C)CC)C(C(=O)N(CC=C)C3CCCCC3)C23CC[C@@]1(C)S3. The minimum absolute atomic E-state index is 0.00721. The summed E-state index contributed by atoms with van der Waals surface area (Å²) in [5, 5.41) is 10.6. The second-order valence-electron chi connectivity index (χ2n) is 11.9. The van der Waals surface area contributed by atoms with Crippen molar-refractivity contribution in [3.05, 3.63) is 25.3 Å². The van der Waals surface area contributed by atoms with Gasteiger partial charge in [-0.25, -0.2) is 0 Å². The van der Waals surface area contributed by atoms with Gasteiger partial charge < -0.3 is 19.6 Å². The Balaban J connectivity index is 1.78. The van der Waals surface area contributed by atoms with Gasteiger partial charge in [-0.3, -0.25) is 14.4 Å². The van der Waals surface area contributed by atoms with Gasteiger partial charge in [0.05, 0.1) is 35.8 Å². The normalized spacial score (nSPS) is 34.1. The van der Waals surface area contributed by atoms with Gasteiger partial charge >= 0.3 is 5.97 Å². The fourth-order valence-corrected chi connectivity index (χ4v) is 9.94. The lowest BCUT2D eigenvalue weighted by molar-refractivity contribution is -0.156. The average Bonchev–Trinajstić information content (AvgIpc) is 3.48. The van der Waals surface area contributed by atoms with Crippen LogP contribution in [-0.2, 0) is 19.1 Å². The van der Waals surface area contributed by atoms with E-state index in [9.17, 15) is 19.5 Å². The van der Waals surface area contributed by atoms with Gasteiger partial charge in [-0.2, -0.15) is 0 Å². The molecule has 0 radical (unpaired) electrons. The maximum Gasteiger partial charge on any atom is 0.311 e. The van der Waals surface area contributed by atoms with Crippen LogP contribution in [-0.4, -0.2) is 80.1 Å². The number of ether oxygens (including phenoxy) is 1. The third-order valence-electron chi connectivity index (χ3n) is 9.74. The molecule has 3 heterocycles. The molecular weight excluding hydrogens is 500 g/mol. The summed E-state index contributed by atoms with van der Waals surface area (Å²) in [6, 6.07) is -1.08. The van der Waals surface area contributed by atoms with E-state index >= 15 is 0 Å². The minimum Gasteiger partial charge on any atom is -0.465 e. The van der Waals surface area contributed by atoms with Crippen molar-refractivity contribution in [1.82, 2.24) is 9.80 Å². The molecule has 1 saturated carbocycles. The topological polar surface area (TPSA) is 87.1 Å². The van der Waals surface area contributed by atoms with E-state index in [1.807, 2.05) is 18.7 Å². The van der Waals surface area contributed by atoms with E-state index in [2.05, 4.69) is 20.1 Å².